The maximum Gasteiger partial charge on any atom is 0.344 e. The molecule has 18 heavy (non-hydrogen) atoms. The molecule has 0 saturated carbocycles. The predicted octanol–water partition coefficient (Wildman–Crippen LogP) is 1.47. The molecule has 0 saturated heterocycles. The summed E-state index contributed by atoms with van der Waals surface area (Å²) in [5, 5.41) is 0. The average Bonchev–Trinajstić information content (AvgIpc) is 2.42. The second-order valence-corrected chi connectivity index (χ2v) is 3.22. The molecule has 0 aliphatic rings. The minimum Gasteiger partial charge on any atom is -0.493 e. The van der Waals surface area contributed by atoms with Gasteiger partial charge in [0.1, 0.15) is 5.56 Å². The lowest BCUT2D eigenvalue weighted by molar-refractivity contribution is -0.0127. The van der Waals surface area contributed by atoms with Gasteiger partial charge in [-0.25, -0.2) is 4.79 Å². The van der Waals surface area contributed by atoms with Gasteiger partial charge in [0, 0.05) is 7.11 Å². The molecule has 0 spiro atoms. The van der Waals surface area contributed by atoms with Crippen LogP contribution in [0.5, 0.6) is 17.2 Å². The van der Waals surface area contributed by atoms with Gasteiger partial charge in [-0.3, -0.25) is 0 Å². The molecule has 0 amide bonds. The Balaban J connectivity index is 3.16. The first-order valence-corrected chi connectivity index (χ1v) is 5.14. The average molecular weight is 256 g/mol. The van der Waals surface area contributed by atoms with Crippen LogP contribution in [0.15, 0.2) is 12.1 Å². The summed E-state index contributed by atoms with van der Waals surface area (Å²) in [6.07, 6.45) is 0. The van der Waals surface area contributed by atoms with Gasteiger partial charge in [-0.05, 0) is 12.1 Å². The van der Waals surface area contributed by atoms with E-state index in [0.29, 0.717) is 11.5 Å². The highest BCUT2D eigenvalue weighted by atomic mass is 16.7. The van der Waals surface area contributed by atoms with E-state index in [9.17, 15) is 4.79 Å². The summed E-state index contributed by atoms with van der Waals surface area (Å²) in [6, 6.07) is 3.14. The number of hydrogen-bond acceptors (Lipinski definition) is 6. The minimum atomic E-state index is -0.561. The van der Waals surface area contributed by atoms with E-state index < -0.39 is 5.97 Å². The molecule has 0 aliphatic heterocycles. The molecule has 0 N–H and O–H groups in total. The molecule has 0 unspecified atom stereocenters. The zero-order chi connectivity index (χ0) is 13.5. The van der Waals surface area contributed by atoms with Crippen molar-refractivity contribution in [1.82, 2.24) is 0 Å². The van der Waals surface area contributed by atoms with Crippen LogP contribution in [-0.4, -0.2) is 41.2 Å². The SMILES string of the molecule is COCOC(=O)c1ccc(OC)c(OC)c1OC. The summed E-state index contributed by atoms with van der Waals surface area (Å²) in [5.74, 6) is 0.511. The highest BCUT2D eigenvalue weighted by Crippen LogP contribution is 2.39. The molecule has 100 valence electrons. The van der Waals surface area contributed by atoms with Crippen molar-refractivity contribution in [3.8, 4) is 17.2 Å². The summed E-state index contributed by atoms with van der Waals surface area (Å²) in [7, 11) is 5.83. The first kappa shape index (κ1) is 14.1. The van der Waals surface area contributed by atoms with Crippen LogP contribution in [0.3, 0.4) is 0 Å². The van der Waals surface area contributed by atoms with E-state index in [1.54, 1.807) is 6.07 Å². The van der Waals surface area contributed by atoms with Gasteiger partial charge < -0.3 is 23.7 Å². The van der Waals surface area contributed by atoms with Crippen LogP contribution in [0.4, 0.5) is 0 Å². The first-order valence-electron chi connectivity index (χ1n) is 5.14. The van der Waals surface area contributed by atoms with E-state index in [0.717, 1.165) is 0 Å². The topological polar surface area (TPSA) is 63.2 Å². The van der Waals surface area contributed by atoms with Crippen molar-refractivity contribution in [3.05, 3.63) is 17.7 Å². The normalized spacial score (nSPS) is 9.78. The summed E-state index contributed by atoms with van der Waals surface area (Å²) >= 11 is 0. The van der Waals surface area contributed by atoms with Gasteiger partial charge in [0.2, 0.25) is 5.75 Å². The quantitative estimate of drug-likeness (QED) is 0.567. The molecular weight excluding hydrogens is 240 g/mol. The summed E-state index contributed by atoms with van der Waals surface area (Å²) < 4.78 is 25.0. The van der Waals surface area contributed by atoms with Crippen LogP contribution in [-0.2, 0) is 9.47 Å². The Labute approximate surface area is 105 Å². The minimum absolute atomic E-state index is 0.129. The van der Waals surface area contributed by atoms with Crippen molar-refractivity contribution in [2.75, 3.05) is 35.2 Å². The lowest BCUT2D eigenvalue weighted by Crippen LogP contribution is -2.10. The lowest BCUT2D eigenvalue weighted by atomic mass is 10.1. The van der Waals surface area contributed by atoms with Crippen LogP contribution in [0, 0.1) is 0 Å². The molecular formula is C12H16O6. The molecule has 1 aromatic rings. The Morgan fingerprint density at radius 2 is 1.67 bits per heavy atom. The molecule has 0 atom stereocenters. The van der Waals surface area contributed by atoms with Crippen molar-refractivity contribution in [2.24, 2.45) is 0 Å². The Hall–Kier alpha value is -1.95. The van der Waals surface area contributed by atoms with Gasteiger partial charge in [0.05, 0.1) is 21.3 Å². The summed E-state index contributed by atoms with van der Waals surface area (Å²) in [4.78, 5) is 11.8. The van der Waals surface area contributed by atoms with E-state index >= 15 is 0 Å². The van der Waals surface area contributed by atoms with E-state index in [-0.39, 0.29) is 18.1 Å². The molecule has 0 bridgehead atoms. The number of carbonyl (C=O) groups is 1. The molecule has 0 fully saturated rings. The van der Waals surface area contributed by atoms with Crippen molar-refractivity contribution in [1.29, 1.82) is 0 Å². The maximum atomic E-state index is 11.8. The predicted molar refractivity (Wildman–Crippen MR) is 63.4 cm³/mol. The van der Waals surface area contributed by atoms with Gasteiger partial charge in [-0.1, -0.05) is 0 Å². The van der Waals surface area contributed by atoms with Crippen LogP contribution >= 0.6 is 0 Å². The second kappa shape index (κ2) is 6.70. The smallest absolute Gasteiger partial charge is 0.344 e. The van der Waals surface area contributed by atoms with Gasteiger partial charge >= 0.3 is 5.97 Å². The zero-order valence-corrected chi connectivity index (χ0v) is 10.8. The Bertz CT molecular complexity index is 415. The van der Waals surface area contributed by atoms with Crippen LogP contribution in [0.1, 0.15) is 10.4 Å². The number of esters is 1. The van der Waals surface area contributed by atoms with E-state index in [1.807, 2.05) is 0 Å². The third kappa shape index (κ3) is 2.84. The number of methoxy groups -OCH3 is 4. The van der Waals surface area contributed by atoms with Gasteiger partial charge in [0.15, 0.2) is 18.3 Å². The monoisotopic (exact) mass is 256 g/mol. The second-order valence-electron chi connectivity index (χ2n) is 3.22. The fraction of sp³-hybridized carbons (Fsp3) is 0.417. The van der Waals surface area contributed by atoms with Crippen LogP contribution < -0.4 is 14.2 Å². The highest BCUT2D eigenvalue weighted by Gasteiger charge is 2.21. The van der Waals surface area contributed by atoms with E-state index in [1.165, 1.54) is 34.5 Å². The largest absolute Gasteiger partial charge is 0.493 e. The van der Waals surface area contributed by atoms with Crippen LogP contribution in [0.2, 0.25) is 0 Å². The third-order valence-corrected chi connectivity index (χ3v) is 2.23. The fourth-order valence-electron chi connectivity index (χ4n) is 1.45. The van der Waals surface area contributed by atoms with Crippen LogP contribution in [0.25, 0.3) is 0 Å². The number of hydrogen-bond donors (Lipinski definition) is 0. The van der Waals surface area contributed by atoms with E-state index in [4.69, 9.17) is 18.9 Å². The standard InChI is InChI=1S/C12H16O6/c1-14-7-18-12(13)8-5-6-9(15-2)11(17-4)10(8)16-3/h5-6H,7H2,1-4H3. The van der Waals surface area contributed by atoms with Crippen molar-refractivity contribution < 1.29 is 28.5 Å². The molecule has 1 rings (SSSR count). The number of rotatable bonds is 6. The fourth-order valence-corrected chi connectivity index (χ4v) is 1.45. The van der Waals surface area contributed by atoms with Crippen molar-refractivity contribution in [2.45, 2.75) is 0 Å². The van der Waals surface area contributed by atoms with Gasteiger partial charge in [0.25, 0.3) is 0 Å². The highest BCUT2D eigenvalue weighted by molar-refractivity contribution is 5.94. The number of carbonyl (C=O) groups excluding carboxylic acids is 1. The molecule has 6 heteroatoms. The molecule has 6 nitrogen and oxygen atoms in total. The lowest BCUT2D eigenvalue weighted by Gasteiger charge is -2.14. The van der Waals surface area contributed by atoms with Crippen molar-refractivity contribution >= 4 is 5.97 Å². The molecule has 0 radical (unpaired) electrons. The Morgan fingerprint density at radius 3 is 2.17 bits per heavy atom. The van der Waals surface area contributed by atoms with Gasteiger partial charge in [-0.15, -0.1) is 0 Å². The summed E-state index contributed by atoms with van der Waals surface area (Å²) in [6.45, 7) is -0.129. The molecule has 0 aromatic heterocycles. The Kier molecular flexibility index (Phi) is 5.26. The number of benzene rings is 1. The molecule has 0 heterocycles. The van der Waals surface area contributed by atoms with Crippen molar-refractivity contribution in [3.63, 3.8) is 0 Å². The summed E-state index contributed by atoms with van der Waals surface area (Å²) in [5.41, 5.74) is 0.243. The number of ether oxygens (including phenoxy) is 5. The zero-order valence-electron chi connectivity index (χ0n) is 10.8. The first-order chi connectivity index (χ1) is 8.69. The van der Waals surface area contributed by atoms with Gasteiger partial charge in [-0.2, -0.15) is 0 Å². The molecule has 1 aromatic carbocycles. The Morgan fingerprint density at radius 1 is 1.00 bits per heavy atom. The third-order valence-electron chi connectivity index (χ3n) is 2.23. The van der Waals surface area contributed by atoms with E-state index in [2.05, 4.69) is 4.74 Å². The molecule has 0 aliphatic carbocycles. The maximum absolute atomic E-state index is 11.8.